The topological polar surface area (TPSA) is 42.0 Å². The maximum atomic E-state index is 11.8. The fraction of sp³-hybridized carbons (Fsp3) is 0.455. The summed E-state index contributed by atoms with van der Waals surface area (Å²) >= 11 is 11.5. The minimum Gasteiger partial charge on any atom is -0.349 e. The molecule has 0 aliphatic carbocycles. The van der Waals surface area contributed by atoms with Crippen LogP contribution in [0.5, 0.6) is 0 Å². The molecule has 88 valence electrons. The molecule has 0 bridgehead atoms. The van der Waals surface area contributed by atoms with Crippen LogP contribution in [-0.2, 0) is 0 Å². The lowest BCUT2D eigenvalue weighted by Crippen LogP contribution is -2.33. The lowest BCUT2D eigenvalue weighted by atomic mass is 10.1. The summed E-state index contributed by atoms with van der Waals surface area (Å²) < 4.78 is 0. The number of hydrogen-bond acceptors (Lipinski definition) is 2. The van der Waals surface area contributed by atoms with E-state index < -0.39 is 0 Å². The van der Waals surface area contributed by atoms with Crippen LogP contribution in [-0.4, -0.2) is 16.9 Å². The summed E-state index contributed by atoms with van der Waals surface area (Å²) in [5.74, 6) is -0.167. The molecule has 1 heterocycles. The van der Waals surface area contributed by atoms with Crippen molar-refractivity contribution in [1.82, 2.24) is 10.3 Å². The van der Waals surface area contributed by atoms with Crippen molar-refractivity contribution in [1.29, 1.82) is 0 Å². The van der Waals surface area contributed by atoms with Crippen LogP contribution in [0.4, 0.5) is 0 Å². The maximum absolute atomic E-state index is 11.8. The molecule has 1 N–H and O–H groups in total. The second-order valence-electron chi connectivity index (χ2n) is 3.48. The number of nitrogens with zero attached hydrogens (tertiary/aromatic N) is 1. The summed E-state index contributed by atoms with van der Waals surface area (Å²) in [6, 6.07) is 1.70. The number of rotatable bonds is 4. The van der Waals surface area contributed by atoms with Gasteiger partial charge in [-0.3, -0.25) is 4.79 Å². The van der Waals surface area contributed by atoms with Crippen molar-refractivity contribution in [2.24, 2.45) is 0 Å². The van der Waals surface area contributed by atoms with Crippen molar-refractivity contribution in [3.8, 4) is 0 Å². The molecule has 0 fully saturated rings. The third kappa shape index (κ3) is 3.35. The highest BCUT2D eigenvalue weighted by atomic mass is 35.5. The van der Waals surface area contributed by atoms with E-state index in [9.17, 15) is 4.79 Å². The minimum absolute atomic E-state index is 0.167. The van der Waals surface area contributed by atoms with Gasteiger partial charge >= 0.3 is 0 Å². The third-order valence-corrected chi connectivity index (χ3v) is 3.07. The first-order chi connectivity index (χ1) is 7.58. The lowest BCUT2D eigenvalue weighted by molar-refractivity contribution is 0.0934. The molecule has 1 rings (SSSR count). The smallest absolute Gasteiger partial charge is 0.253 e. The Labute approximate surface area is 105 Å². The van der Waals surface area contributed by atoms with Gasteiger partial charge in [0.15, 0.2) is 0 Å². The summed E-state index contributed by atoms with van der Waals surface area (Å²) in [4.78, 5) is 15.6. The third-order valence-electron chi connectivity index (χ3n) is 2.38. The van der Waals surface area contributed by atoms with Gasteiger partial charge in [0.05, 0.1) is 10.6 Å². The van der Waals surface area contributed by atoms with E-state index in [1.54, 1.807) is 0 Å². The highest BCUT2D eigenvalue weighted by molar-refractivity contribution is 6.41. The SMILES string of the molecule is CCC(CC)NC(=O)c1cnc(Cl)c(Cl)c1. The first kappa shape index (κ1) is 13.3. The molecule has 16 heavy (non-hydrogen) atoms. The molecule has 0 atom stereocenters. The second kappa shape index (κ2) is 6.06. The fourth-order valence-corrected chi connectivity index (χ4v) is 1.58. The molecule has 0 saturated heterocycles. The van der Waals surface area contributed by atoms with Gasteiger partial charge in [-0.25, -0.2) is 4.98 Å². The number of hydrogen-bond donors (Lipinski definition) is 1. The average molecular weight is 261 g/mol. The van der Waals surface area contributed by atoms with Gasteiger partial charge in [0.2, 0.25) is 0 Å². The van der Waals surface area contributed by atoms with Gasteiger partial charge in [-0.2, -0.15) is 0 Å². The summed E-state index contributed by atoms with van der Waals surface area (Å²) in [5.41, 5.74) is 0.432. The summed E-state index contributed by atoms with van der Waals surface area (Å²) in [7, 11) is 0. The van der Waals surface area contributed by atoms with Crippen LogP contribution in [0.3, 0.4) is 0 Å². The molecule has 0 aliphatic heterocycles. The normalized spacial score (nSPS) is 10.6. The summed E-state index contributed by atoms with van der Waals surface area (Å²) in [6.07, 6.45) is 3.22. The van der Waals surface area contributed by atoms with E-state index >= 15 is 0 Å². The standard InChI is InChI=1S/C11H14Cl2N2O/c1-3-8(4-2)15-11(16)7-5-9(12)10(13)14-6-7/h5-6,8H,3-4H2,1-2H3,(H,15,16). The van der Waals surface area contributed by atoms with Crippen molar-refractivity contribution < 1.29 is 4.79 Å². The Bertz CT molecular complexity index is 378. The Balaban J connectivity index is 2.76. The minimum atomic E-state index is -0.167. The Hall–Kier alpha value is -0.800. The first-order valence-corrected chi connectivity index (χ1v) is 5.96. The van der Waals surface area contributed by atoms with E-state index in [4.69, 9.17) is 23.2 Å². The van der Waals surface area contributed by atoms with Crippen LogP contribution in [0.15, 0.2) is 12.3 Å². The molecule has 0 radical (unpaired) electrons. The van der Waals surface area contributed by atoms with Gasteiger partial charge in [0.1, 0.15) is 5.15 Å². The van der Waals surface area contributed by atoms with E-state index in [0.29, 0.717) is 10.6 Å². The monoisotopic (exact) mass is 260 g/mol. The van der Waals surface area contributed by atoms with Crippen LogP contribution in [0.2, 0.25) is 10.2 Å². The van der Waals surface area contributed by atoms with Crippen LogP contribution in [0, 0.1) is 0 Å². The fourth-order valence-electron chi connectivity index (χ4n) is 1.31. The quantitative estimate of drug-likeness (QED) is 0.845. The van der Waals surface area contributed by atoms with Gasteiger partial charge in [0, 0.05) is 12.2 Å². The second-order valence-corrected chi connectivity index (χ2v) is 4.25. The van der Waals surface area contributed by atoms with E-state index in [1.165, 1.54) is 12.3 Å². The van der Waals surface area contributed by atoms with Crippen LogP contribution >= 0.6 is 23.2 Å². The van der Waals surface area contributed by atoms with E-state index in [1.807, 2.05) is 13.8 Å². The Morgan fingerprint density at radius 2 is 2.06 bits per heavy atom. The van der Waals surface area contributed by atoms with Gasteiger partial charge in [-0.1, -0.05) is 37.0 Å². The van der Waals surface area contributed by atoms with Gasteiger partial charge in [-0.05, 0) is 18.9 Å². The first-order valence-electron chi connectivity index (χ1n) is 5.20. The zero-order chi connectivity index (χ0) is 12.1. The predicted octanol–water partition coefficient (Wildman–Crippen LogP) is 3.31. The average Bonchev–Trinajstić information content (AvgIpc) is 2.29. The molecular weight excluding hydrogens is 247 g/mol. The van der Waals surface area contributed by atoms with Crippen molar-refractivity contribution in [3.05, 3.63) is 28.0 Å². The number of carbonyl (C=O) groups is 1. The molecule has 0 unspecified atom stereocenters. The molecule has 1 aromatic rings. The number of aromatic nitrogens is 1. The number of nitrogens with one attached hydrogen (secondary N) is 1. The zero-order valence-corrected chi connectivity index (χ0v) is 10.8. The van der Waals surface area contributed by atoms with E-state index in [0.717, 1.165) is 12.8 Å². The van der Waals surface area contributed by atoms with Crippen molar-refractivity contribution in [3.63, 3.8) is 0 Å². The Kier molecular flexibility index (Phi) is 5.03. The van der Waals surface area contributed by atoms with Crippen LogP contribution < -0.4 is 5.32 Å². The molecular formula is C11H14Cl2N2O. The molecule has 5 heteroatoms. The summed E-state index contributed by atoms with van der Waals surface area (Å²) in [6.45, 7) is 4.06. The van der Waals surface area contributed by atoms with Crippen molar-refractivity contribution >= 4 is 29.1 Å². The van der Waals surface area contributed by atoms with Crippen molar-refractivity contribution in [2.45, 2.75) is 32.7 Å². The molecule has 0 aliphatic rings. The number of amides is 1. The Morgan fingerprint density at radius 1 is 1.44 bits per heavy atom. The van der Waals surface area contributed by atoms with Gasteiger partial charge in [-0.15, -0.1) is 0 Å². The molecule has 1 amide bonds. The molecule has 3 nitrogen and oxygen atoms in total. The van der Waals surface area contributed by atoms with Gasteiger partial charge in [0.25, 0.3) is 5.91 Å². The van der Waals surface area contributed by atoms with Gasteiger partial charge < -0.3 is 5.32 Å². The van der Waals surface area contributed by atoms with Crippen molar-refractivity contribution in [2.75, 3.05) is 0 Å². The molecule has 0 saturated carbocycles. The number of carbonyl (C=O) groups excluding carboxylic acids is 1. The van der Waals surface area contributed by atoms with Crippen LogP contribution in [0.25, 0.3) is 0 Å². The Morgan fingerprint density at radius 3 is 2.56 bits per heavy atom. The molecule has 0 spiro atoms. The summed E-state index contributed by atoms with van der Waals surface area (Å²) in [5, 5.41) is 3.40. The van der Waals surface area contributed by atoms with E-state index in [-0.39, 0.29) is 17.1 Å². The maximum Gasteiger partial charge on any atom is 0.253 e. The molecule has 1 aromatic heterocycles. The zero-order valence-electron chi connectivity index (χ0n) is 9.26. The number of halogens is 2. The molecule has 0 aromatic carbocycles. The highest BCUT2D eigenvalue weighted by Crippen LogP contribution is 2.19. The largest absolute Gasteiger partial charge is 0.349 e. The van der Waals surface area contributed by atoms with E-state index in [2.05, 4.69) is 10.3 Å². The van der Waals surface area contributed by atoms with Crippen LogP contribution in [0.1, 0.15) is 37.0 Å². The highest BCUT2D eigenvalue weighted by Gasteiger charge is 2.12. The lowest BCUT2D eigenvalue weighted by Gasteiger charge is -2.14. The predicted molar refractivity (Wildman–Crippen MR) is 66.1 cm³/mol. The number of pyridine rings is 1.